The van der Waals surface area contributed by atoms with Gasteiger partial charge < -0.3 is 9.80 Å². The predicted molar refractivity (Wildman–Crippen MR) is 90.1 cm³/mol. The molecule has 2 aliphatic heterocycles. The van der Waals surface area contributed by atoms with Crippen LogP contribution in [0.1, 0.15) is 49.4 Å². The summed E-state index contributed by atoms with van der Waals surface area (Å²) < 4.78 is 0. The van der Waals surface area contributed by atoms with Crippen LogP contribution in [0.2, 0.25) is 0 Å². The van der Waals surface area contributed by atoms with E-state index < -0.39 is 0 Å². The predicted octanol–water partition coefficient (Wildman–Crippen LogP) is 2.94. The maximum Gasteiger partial charge on any atom is 0.254 e. The number of nitrogens with zero attached hydrogens (tertiary/aromatic N) is 2. The summed E-state index contributed by atoms with van der Waals surface area (Å²) in [6.45, 7) is 4.58. The van der Waals surface area contributed by atoms with Gasteiger partial charge in [0.1, 0.15) is 6.04 Å². The Morgan fingerprint density at radius 3 is 2.57 bits per heavy atom. The molecular formula is C19H26N2O2. The first kappa shape index (κ1) is 16.0. The maximum absolute atomic E-state index is 12.9. The van der Waals surface area contributed by atoms with Gasteiger partial charge in [0.2, 0.25) is 5.91 Å². The second-order valence-corrected chi connectivity index (χ2v) is 6.72. The van der Waals surface area contributed by atoms with Crippen LogP contribution in [0.3, 0.4) is 0 Å². The Labute approximate surface area is 138 Å². The smallest absolute Gasteiger partial charge is 0.254 e. The van der Waals surface area contributed by atoms with Crippen LogP contribution in [0.15, 0.2) is 30.3 Å². The topological polar surface area (TPSA) is 40.6 Å². The van der Waals surface area contributed by atoms with Crippen LogP contribution >= 0.6 is 0 Å². The highest BCUT2D eigenvalue weighted by Crippen LogP contribution is 2.25. The minimum Gasteiger partial charge on any atom is -0.341 e. The van der Waals surface area contributed by atoms with Crippen LogP contribution in [0.25, 0.3) is 0 Å². The van der Waals surface area contributed by atoms with Gasteiger partial charge in [-0.1, -0.05) is 31.5 Å². The molecule has 2 atom stereocenters. The van der Waals surface area contributed by atoms with Gasteiger partial charge in [-0.15, -0.1) is 0 Å². The lowest BCUT2D eigenvalue weighted by atomic mass is 9.99. The molecule has 2 unspecified atom stereocenters. The number of carbonyl (C=O) groups is 2. The van der Waals surface area contributed by atoms with Crippen LogP contribution in [0.4, 0.5) is 0 Å². The number of likely N-dealkylation sites (tertiary alicyclic amines) is 2. The summed E-state index contributed by atoms with van der Waals surface area (Å²) in [5.41, 5.74) is 0.681. The summed E-state index contributed by atoms with van der Waals surface area (Å²) >= 11 is 0. The van der Waals surface area contributed by atoms with Gasteiger partial charge in [-0.2, -0.15) is 0 Å². The van der Waals surface area contributed by atoms with Gasteiger partial charge in [0.25, 0.3) is 5.91 Å². The van der Waals surface area contributed by atoms with Crippen LogP contribution in [-0.2, 0) is 4.79 Å². The van der Waals surface area contributed by atoms with Crippen molar-refractivity contribution < 1.29 is 9.59 Å². The van der Waals surface area contributed by atoms with E-state index in [1.54, 1.807) is 4.90 Å². The van der Waals surface area contributed by atoms with Crippen LogP contribution in [0.5, 0.6) is 0 Å². The second kappa shape index (κ2) is 7.16. The van der Waals surface area contributed by atoms with E-state index in [1.165, 1.54) is 0 Å². The van der Waals surface area contributed by atoms with Crippen molar-refractivity contribution >= 4 is 11.8 Å². The van der Waals surface area contributed by atoms with E-state index >= 15 is 0 Å². The molecule has 124 valence electrons. The molecule has 0 radical (unpaired) electrons. The molecule has 3 rings (SSSR count). The lowest BCUT2D eigenvalue weighted by molar-refractivity contribution is -0.136. The third-order valence-corrected chi connectivity index (χ3v) is 5.24. The number of rotatable bonds is 3. The number of piperidine rings is 1. The molecule has 0 spiro atoms. The molecule has 23 heavy (non-hydrogen) atoms. The zero-order valence-electron chi connectivity index (χ0n) is 13.9. The van der Waals surface area contributed by atoms with E-state index in [0.717, 1.165) is 45.2 Å². The fourth-order valence-electron chi connectivity index (χ4n) is 3.75. The van der Waals surface area contributed by atoms with Crippen molar-refractivity contribution in [2.45, 2.75) is 45.1 Å². The summed E-state index contributed by atoms with van der Waals surface area (Å²) in [6.07, 6.45) is 5.04. The minimum atomic E-state index is -0.271. The second-order valence-electron chi connectivity index (χ2n) is 6.72. The van der Waals surface area contributed by atoms with Crippen molar-refractivity contribution in [2.24, 2.45) is 5.92 Å². The van der Waals surface area contributed by atoms with Crippen molar-refractivity contribution in [2.75, 3.05) is 19.6 Å². The van der Waals surface area contributed by atoms with Crippen molar-refractivity contribution in [3.8, 4) is 0 Å². The number of carbonyl (C=O) groups excluding carboxylic acids is 2. The quantitative estimate of drug-likeness (QED) is 0.860. The minimum absolute atomic E-state index is 0.00473. The SMILES string of the molecule is CCC1CCN(C(=O)C2CCCCN2C(=O)c2ccccc2)C1. The Morgan fingerprint density at radius 1 is 1.09 bits per heavy atom. The lowest BCUT2D eigenvalue weighted by Gasteiger charge is -2.37. The summed E-state index contributed by atoms with van der Waals surface area (Å²) in [4.78, 5) is 29.5. The standard InChI is InChI=1S/C19H26N2O2/c1-2-15-11-13-20(14-15)19(23)17-10-6-7-12-21(17)18(22)16-8-4-3-5-9-16/h3-5,8-9,15,17H,2,6-7,10-14H2,1H3. The first-order valence-corrected chi connectivity index (χ1v) is 8.85. The number of benzene rings is 1. The summed E-state index contributed by atoms with van der Waals surface area (Å²) in [5.74, 6) is 0.778. The molecule has 1 aromatic carbocycles. The molecular weight excluding hydrogens is 288 g/mol. The highest BCUT2D eigenvalue weighted by atomic mass is 16.2. The number of hydrogen-bond donors (Lipinski definition) is 0. The van der Waals surface area contributed by atoms with Gasteiger partial charge >= 0.3 is 0 Å². The van der Waals surface area contributed by atoms with E-state index in [-0.39, 0.29) is 17.9 Å². The van der Waals surface area contributed by atoms with Crippen molar-refractivity contribution in [1.29, 1.82) is 0 Å². The van der Waals surface area contributed by atoms with E-state index in [1.807, 2.05) is 35.2 Å². The summed E-state index contributed by atoms with van der Waals surface area (Å²) in [7, 11) is 0. The van der Waals surface area contributed by atoms with Crippen molar-refractivity contribution in [3.63, 3.8) is 0 Å². The first-order valence-electron chi connectivity index (χ1n) is 8.85. The molecule has 4 heteroatoms. The Bertz CT molecular complexity index is 558. The summed E-state index contributed by atoms with van der Waals surface area (Å²) in [5, 5.41) is 0. The first-order chi connectivity index (χ1) is 11.2. The molecule has 0 saturated carbocycles. The van der Waals surface area contributed by atoms with Gasteiger partial charge in [-0.25, -0.2) is 0 Å². The zero-order chi connectivity index (χ0) is 16.2. The number of amides is 2. The molecule has 0 aromatic heterocycles. The normalized spacial score (nSPS) is 24.7. The van der Waals surface area contributed by atoms with Gasteiger partial charge in [0.05, 0.1) is 0 Å². The largest absolute Gasteiger partial charge is 0.341 e. The maximum atomic E-state index is 12.9. The average Bonchev–Trinajstić information content (AvgIpc) is 3.10. The van der Waals surface area contributed by atoms with Gasteiger partial charge in [0, 0.05) is 25.2 Å². The molecule has 2 aliphatic rings. The highest BCUT2D eigenvalue weighted by molar-refractivity contribution is 5.97. The monoisotopic (exact) mass is 314 g/mol. The van der Waals surface area contributed by atoms with Crippen molar-refractivity contribution in [1.82, 2.24) is 9.80 Å². The van der Waals surface area contributed by atoms with Crippen LogP contribution in [-0.4, -0.2) is 47.3 Å². The molecule has 2 saturated heterocycles. The van der Waals surface area contributed by atoms with E-state index in [9.17, 15) is 9.59 Å². The van der Waals surface area contributed by atoms with E-state index in [4.69, 9.17) is 0 Å². The molecule has 4 nitrogen and oxygen atoms in total. The van der Waals surface area contributed by atoms with Crippen molar-refractivity contribution in [3.05, 3.63) is 35.9 Å². The molecule has 2 heterocycles. The summed E-state index contributed by atoms with van der Waals surface area (Å²) in [6, 6.07) is 9.06. The third-order valence-electron chi connectivity index (χ3n) is 5.24. The van der Waals surface area contributed by atoms with Crippen LogP contribution in [0, 0.1) is 5.92 Å². The molecule has 1 aromatic rings. The Morgan fingerprint density at radius 2 is 1.87 bits per heavy atom. The van der Waals surface area contributed by atoms with Gasteiger partial charge in [0.15, 0.2) is 0 Å². The van der Waals surface area contributed by atoms with Crippen LogP contribution < -0.4 is 0 Å². The van der Waals surface area contributed by atoms with E-state index in [2.05, 4.69) is 6.92 Å². The molecule has 2 fully saturated rings. The fourth-order valence-corrected chi connectivity index (χ4v) is 3.75. The Kier molecular flexibility index (Phi) is 4.99. The molecule has 2 amide bonds. The molecule has 0 aliphatic carbocycles. The van der Waals surface area contributed by atoms with Gasteiger partial charge in [-0.05, 0) is 43.7 Å². The Balaban J connectivity index is 1.74. The molecule has 0 N–H and O–H groups in total. The zero-order valence-corrected chi connectivity index (χ0v) is 13.9. The highest BCUT2D eigenvalue weighted by Gasteiger charge is 2.37. The fraction of sp³-hybridized carbons (Fsp3) is 0.579. The van der Waals surface area contributed by atoms with E-state index in [0.29, 0.717) is 18.0 Å². The lowest BCUT2D eigenvalue weighted by Crippen LogP contribution is -2.52. The Hall–Kier alpha value is -1.84. The van der Waals surface area contributed by atoms with Gasteiger partial charge in [-0.3, -0.25) is 9.59 Å². The number of hydrogen-bond acceptors (Lipinski definition) is 2. The third kappa shape index (κ3) is 3.41. The molecule has 0 bridgehead atoms. The average molecular weight is 314 g/mol.